The minimum atomic E-state index is -1.79. The van der Waals surface area contributed by atoms with Gasteiger partial charge in [0.05, 0.1) is 12.6 Å². The minimum absolute atomic E-state index is 0.00231. The van der Waals surface area contributed by atoms with Crippen LogP contribution in [0.4, 0.5) is 17.6 Å². The van der Waals surface area contributed by atoms with Crippen molar-refractivity contribution in [1.29, 1.82) is 0 Å². The fraction of sp³-hybridized carbons (Fsp3) is 0.364. The SMILES string of the molecule is Cc1ccccn1.NCC(=O)NC(CC1CCNC1=O)C(=O)COc1c(F)c(F)cc(F)c1F. The van der Waals surface area contributed by atoms with Gasteiger partial charge in [-0.25, -0.2) is 8.78 Å². The number of hydrogen-bond donors (Lipinski definition) is 3. The zero-order valence-electron chi connectivity index (χ0n) is 18.2. The van der Waals surface area contributed by atoms with Crippen molar-refractivity contribution in [2.75, 3.05) is 19.7 Å². The number of nitrogens with two attached hydrogens (primary N) is 1. The average molecular weight is 484 g/mol. The minimum Gasteiger partial charge on any atom is -0.479 e. The second-order valence-corrected chi connectivity index (χ2v) is 7.36. The predicted molar refractivity (Wildman–Crippen MR) is 112 cm³/mol. The van der Waals surface area contributed by atoms with E-state index in [0.717, 1.165) is 5.69 Å². The van der Waals surface area contributed by atoms with Gasteiger partial charge >= 0.3 is 0 Å². The van der Waals surface area contributed by atoms with E-state index in [0.29, 0.717) is 13.0 Å². The normalized spacial score (nSPS) is 15.6. The molecule has 1 aromatic heterocycles. The summed E-state index contributed by atoms with van der Waals surface area (Å²) in [6, 6.07) is 4.64. The van der Waals surface area contributed by atoms with Crippen molar-refractivity contribution in [2.24, 2.45) is 11.7 Å². The van der Waals surface area contributed by atoms with E-state index < -0.39 is 65.8 Å². The summed E-state index contributed by atoms with van der Waals surface area (Å²) in [5.74, 6) is -10.8. The molecule has 0 spiro atoms. The molecule has 0 radical (unpaired) electrons. The van der Waals surface area contributed by atoms with Crippen LogP contribution in [-0.4, -0.2) is 48.3 Å². The van der Waals surface area contributed by atoms with Gasteiger partial charge in [-0.15, -0.1) is 0 Å². The molecule has 0 aliphatic carbocycles. The largest absolute Gasteiger partial charge is 0.479 e. The van der Waals surface area contributed by atoms with Crippen LogP contribution in [0.25, 0.3) is 0 Å². The molecule has 0 bridgehead atoms. The topological polar surface area (TPSA) is 123 Å². The lowest BCUT2D eigenvalue weighted by Gasteiger charge is -2.20. The Morgan fingerprint density at radius 3 is 2.38 bits per heavy atom. The van der Waals surface area contributed by atoms with Gasteiger partial charge < -0.3 is 21.1 Å². The Kier molecular flexibility index (Phi) is 9.92. The summed E-state index contributed by atoms with van der Waals surface area (Å²) in [6.45, 7) is 0.963. The molecule has 1 aromatic carbocycles. The lowest BCUT2D eigenvalue weighted by Crippen LogP contribution is -2.46. The molecule has 12 heteroatoms. The summed E-state index contributed by atoms with van der Waals surface area (Å²) in [5, 5.41) is 4.86. The Labute approximate surface area is 192 Å². The van der Waals surface area contributed by atoms with E-state index in [1.165, 1.54) is 0 Å². The Balaban J connectivity index is 0.000000497. The average Bonchev–Trinajstić information content (AvgIpc) is 3.22. The molecule has 3 rings (SSSR count). The summed E-state index contributed by atoms with van der Waals surface area (Å²) >= 11 is 0. The number of carbonyl (C=O) groups is 3. The number of nitrogens with zero attached hydrogens (tertiary/aromatic N) is 1. The predicted octanol–water partition coefficient (Wildman–Crippen LogP) is 1.55. The first kappa shape index (κ1) is 26.7. The van der Waals surface area contributed by atoms with Crippen molar-refractivity contribution in [3.8, 4) is 5.75 Å². The van der Waals surface area contributed by atoms with E-state index in [4.69, 9.17) is 5.73 Å². The first-order valence-corrected chi connectivity index (χ1v) is 10.3. The number of benzene rings is 1. The number of halogens is 4. The molecule has 8 nitrogen and oxygen atoms in total. The molecule has 1 fully saturated rings. The molecule has 1 aliphatic heterocycles. The molecule has 2 aromatic rings. The number of Topliss-reactive ketones (excluding diaryl/α,β-unsaturated/α-hetero) is 1. The first-order chi connectivity index (χ1) is 16.1. The number of carbonyl (C=O) groups excluding carboxylic acids is 3. The smallest absolute Gasteiger partial charge is 0.234 e. The highest BCUT2D eigenvalue weighted by Gasteiger charge is 2.32. The van der Waals surface area contributed by atoms with Gasteiger partial charge in [0.2, 0.25) is 23.4 Å². The van der Waals surface area contributed by atoms with Gasteiger partial charge in [0.25, 0.3) is 0 Å². The fourth-order valence-corrected chi connectivity index (χ4v) is 3.05. The number of rotatable bonds is 8. The monoisotopic (exact) mass is 484 g/mol. The molecule has 184 valence electrons. The van der Waals surface area contributed by atoms with Crippen molar-refractivity contribution in [1.82, 2.24) is 15.6 Å². The van der Waals surface area contributed by atoms with Crippen molar-refractivity contribution < 1.29 is 36.7 Å². The van der Waals surface area contributed by atoms with Crippen LogP contribution >= 0.6 is 0 Å². The standard InChI is InChI=1S/C16H17F4N3O4.C6H7N/c17-8-4-9(18)14(20)15(13(8)19)27-6-11(24)10(23-12(25)5-21)3-7-1-2-22-16(7)26;1-6-4-2-3-5-7-6/h4,7,10H,1-3,5-6,21H2,(H,22,26)(H,23,25);2-5H,1H3. The van der Waals surface area contributed by atoms with Crippen LogP contribution in [0.3, 0.4) is 0 Å². The summed E-state index contributed by atoms with van der Waals surface area (Å²) in [7, 11) is 0. The molecular weight excluding hydrogens is 460 g/mol. The van der Waals surface area contributed by atoms with Crippen LogP contribution in [0.5, 0.6) is 5.75 Å². The van der Waals surface area contributed by atoms with Crippen LogP contribution in [0.1, 0.15) is 18.5 Å². The molecule has 2 heterocycles. The lowest BCUT2D eigenvalue weighted by molar-refractivity contribution is -0.129. The van der Waals surface area contributed by atoms with Crippen LogP contribution in [0.2, 0.25) is 0 Å². The van der Waals surface area contributed by atoms with Crippen LogP contribution in [-0.2, 0) is 14.4 Å². The zero-order valence-corrected chi connectivity index (χ0v) is 18.2. The second-order valence-electron chi connectivity index (χ2n) is 7.36. The summed E-state index contributed by atoms with van der Waals surface area (Å²) in [5.41, 5.74) is 6.25. The molecular formula is C22H24F4N4O4. The van der Waals surface area contributed by atoms with E-state index in [9.17, 15) is 31.9 Å². The molecule has 4 N–H and O–H groups in total. The third kappa shape index (κ3) is 7.51. The number of ether oxygens (including phenoxy) is 1. The van der Waals surface area contributed by atoms with Gasteiger partial charge in [-0.2, -0.15) is 8.78 Å². The Hall–Kier alpha value is -3.54. The van der Waals surface area contributed by atoms with Gasteiger partial charge in [0, 0.05) is 30.4 Å². The Morgan fingerprint density at radius 1 is 1.24 bits per heavy atom. The van der Waals surface area contributed by atoms with Crippen molar-refractivity contribution in [3.63, 3.8) is 0 Å². The second kappa shape index (κ2) is 12.6. The molecule has 2 unspecified atom stereocenters. The molecule has 0 saturated carbocycles. The maximum atomic E-state index is 13.6. The molecule has 2 amide bonds. The maximum absolute atomic E-state index is 13.6. The summed E-state index contributed by atoms with van der Waals surface area (Å²) < 4.78 is 58.1. The highest BCUT2D eigenvalue weighted by molar-refractivity contribution is 5.91. The van der Waals surface area contributed by atoms with E-state index in [-0.39, 0.29) is 18.4 Å². The van der Waals surface area contributed by atoms with Gasteiger partial charge in [0.1, 0.15) is 6.61 Å². The number of aromatic nitrogens is 1. The number of nitrogens with one attached hydrogen (secondary N) is 2. The Bertz CT molecular complexity index is 997. The van der Waals surface area contributed by atoms with Gasteiger partial charge in [-0.3, -0.25) is 19.4 Å². The van der Waals surface area contributed by atoms with E-state index >= 15 is 0 Å². The highest BCUT2D eigenvalue weighted by atomic mass is 19.2. The number of hydrogen-bond acceptors (Lipinski definition) is 6. The molecule has 2 atom stereocenters. The molecule has 34 heavy (non-hydrogen) atoms. The third-order valence-electron chi connectivity index (χ3n) is 4.84. The van der Waals surface area contributed by atoms with E-state index in [1.54, 1.807) is 6.20 Å². The first-order valence-electron chi connectivity index (χ1n) is 10.3. The van der Waals surface area contributed by atoms with E-state index in [1.807, 2.05) is 25.1 Å². The molecule has 1 aliphatic rings. The Morgan fingerprint density at radius 2 is 1.91 bits per heavy atom. The summed E-state index contributed by atoms with van der Waals surface area (Å²) in [6.07, 6.45) is 2.14. The van der Waals surface area contributed by atoms with Crippen molar-refractivity contribution >= 4 is 17.6 Å². The highest BCUT2D eigenvalue weighted by Crippen LogP contribution is 2.26. The number of amides is 2. The van der Waals surface area contributed by atoms with Crippen molar-refractivity contribution in [3.05, 3.63) is 59.4 Å². The fourth-order valence-electron chi connectivity index (χ4n) is 3.05. The molecule has 1 saturated heterocycles. The van der Waals surface area contributed by atoms with Gasteiger partial charge in [0.15, 0.2) is 23.2 Å². The number of aryl methyl sites for hydroxylation is 1. The van der Waals surface area contributed by atoms with Crippen LogP contribution in [0.15, 0.2) is 30.5 Å². The van der Waals surface area contributed by atoms with Crippen molar-refractivity contribution in [2.45, 2.75) is 25.8 Å². The van der Waals surface area contributed by atoms with E-state index in [2.05, 4.69) is 20.4 Å². The number of pyridine rings is 1. The lowest BCUT2D eigenvalue weighted by atomic mass is 9.96. The van der Waals surface area contributed by atoms with Gasteiger partial charge in [-0.1, -0.05) is 6.07 Å². The van der Waals surface area contributed by atoms with Gasteiger partial charge in [-0.05, 0) is 31.9 Å². The third-order valence-corrected chi connectivity index (χ3v) is 4.84. The zero-order chi connectivity index (χ0) is 25.3. The van der Waals surface area contributed by atoms with Crippen LogP contribution in [0, 0.1) is 36.1 Å². The summed E-state index contributed by atoms with van der Waals surface area (Å²) in [4.78, 5) is 39.5. The van der Waals surface area contributed by atoms with Crippen LogP contribution < -0.4 is 21.1 Å². The maximum Gasteiger partial charge on any atom is 0.234 e. The quantitative estimate of drug-likeness (QED) is 0.386. The number of ketones is 1.